The molecular weight excluding hydrogens is 598 g/mol. The Kier molecular flexibility index (Phi) is 8.17. The van der Waals surface area contributed by atoms with Crippen LogP contribution in [0.5, 0.6) is 0 Å². The van der Waals surface area contributed by atoms with E-state index >= 15 is 0 Å². The van der Waals surface area contributed by atoms with Crippen LogP contribution in [0.15, 0.2) is 41.5 Å². The largest absolute Gasteiger partial charge is 0.480 e. The van der Waals surface area contributed by atoms with Crippen LogP contribution >= 0.6 is 7.82 Å². The van der Waals surface area contributed by atoms with Crippen LogP contribution in [0, 0.1) is 0 Å². The molecular formula is C25H27F3N7O7P. The lowest BCUT2D eigenvalue weighted by molar-refractivity contribution is -0.138. The topological polar surface area (TPSA) is 178 Å². The number of phosphoric acid groups is 1. The summed E-state index contributed by atoms with van der Waals surface area (Å²) in [7, 11) is -5.01. The summed E-state index contributed by atoms with van der Waals surface area (Å²) in [5, 5.41) is 13.9. The van der Waals surface area contributed by atoms with Crippen LogP contribution in [0.2, 0.25) is 0 Å². The summed E-state index contributed by atoms with van der Waals surface area (Å²) < 4.78 is 59.6. The molecule has 3 N–H and O–H groups in total. The summed E-state index contributed by atoms with van der Waals surface area (Å²) in [5.41, 5.74) is -1.12. The van der Waals surface area contributed by atoms with E-state index < -0.39 is 43.9 Å². The zero-order valence-electron chi connectivity index (χ0n) is 22.7. The minimum absolute atomic E-state index is 0.000234. The van der Waals surface area contributed by atoms with Gasteiger partial charge < -0.3 is 19.8 Å². The molecule has 14 nitrogen and oxygen atoms in total. The van der Waals surface area contributed by atoms with Gasteiger partial charge in [0.25, 0.3) is 5.56 Å². The zero-order valence-corrected chi connectivity index (χ0v) is 23.6. The summed E-state index contributed by atoms with van der Waals surface area (Å²) in [4.78, 5) is 55.0. The van der Waals surface area contributed by atoms with Crippen molar-refractivity contribution in [2.45, 2.75) is 58.2 Å². The minimum atomic E-state index is -5.01. The van der Waals surface area contributed by atoms with E-state index in [4.69, 9.17) is 4.52 Å². The van der Waals surface area contributed by atoms with E-state index in [1.54, 1.807) is 0 Å². The molecule has 4 aromatic rings. The van der Waals surface area contributed by atoms with Gasteiger partial charge >= 0.3 is 20.0 Å². The highest BCUT2D eigenvalue weighted by atomic mass is 31.2. The third-order valence-corrected chi connectivity index (χ3v) is 7.38. The lowest BCUT2D eigenvalue weighted by atomic mass is 10.1. The maximum Gasteiger partial charge on any atom is 0.471 e. The molecule has 0 spiro atoms. The average Bonchev–Trinajstić information content (AvgIpc) is 3.67. The first-order valence-electron chi connectivity index (χ1n) is 13.2. The lowest BCUT2D eigenvalue weighted by Crippen LogP contribution is -2.40. The molecule has 5 rings (SSSR count). The number of aliphatic carboxylic acids is 1. The van der Waals surface area contributed by atoms with Gasteiger partial charge in [-0.25, -0.2) is 14.3 Å². The predicted molar refractivity (Wildman–Crippen MR) is 145 cm³/mol. The molecule has 0 saturated carbocycles. The first kappa shape index (κ1) is 30.4. The maximum atomic E-state index is 13.8. The van der Waals surface area contributed by atoms with E-state index in [0.29, 0.717) is 31.4 Å². The first-order valence-corrected chi connectivity index (χ1v) is 14.7. The number of rotatable bonds is 10. The van der Waals surface area contributed by atoms with Gasteiger partial charge in [0.05, 0.1) is 23.9 Å². The van der Waals surface area contributed by atoms with E-state index in [-0.39, 0.29) is 41.6 Å². The Labute approximate surface area is 241 Å². The number of anilines is 1. The monoisotopic (exact) mass is 625 g/mol. The van der Waals surface area contributed by atoms with E-state index in [1.807, 2.05) is 6.92 Å². The Balaban J connectivity index is 1.61. The van der Waals surface area contributed by atoms with Crippen molar-refractivity contribution in [2.75, 3.05) is 11.4 Å². The number of alkyl halides is 3. The van der Waals surface area contributed by atoms with Gasteiger partial charge in [0, 0.05) is 19.3 Å². The van der Waals surface area contributed by atoms with Gasteiger partial charge in [-0.3, -0.25) is 23.1 Å². The molecule has 0 bridgehead atoms. The second-order valence-electron chi connectivity index (χ2n) is 9.97. The molecule has 0 radical (unpaired) electrons. The molecule has 1 aliphatic rings. The minimum Gasteiger partial charge on any atom is -0.480 e. The fraction of sp³-hybridized carbons (Fsp3) is 0.400. The third-order valence-electron chi connectivity index (χ3n) is 6.93. The summed E-state index contributed by atoms with van der Waals surface area (Å²) in [6.45, 7) is 1.50. The Bertz CT molecular complexity index is 1780. The number of aromatic nitrogens is 6. The number of hydrogen-bond acceptors (Lipinski definition) is 8. The Hall–Kier alpha value is -4.05. The molecule has 18 heteroatoms. The highest BCUT2D eigenvalue weighted by molar-refractivity contribution is 7.46. The van der Waals surface area contributed by atoms with Crippen LogP contribution in [0.1, 0.15) is 37.3 Å². The smallest absolute Gasteiger partial charge is 0.471 e. The number of fused-ring (bicyclic) bond motifs is 1. The highest BCUT2D eigenvalue weighted by Crippen LogP contribution is 2.37. The van der Waals surface area contributed by atoms with Crippen molar-refractivity contribution in [3.8, 4) is 11.4 Å². The predicted octanol–water partition coefficient (Wildman–Crippen LogP) is 3.05. The number of phosphoric ester groups is 1. The summed E-state index contributed by atoms with van der Waals surface area (Å²) in [5.74, 6) is -0.958. The molecule has 1 aliphatic heterocycles. The first-order chi connectivity index (χ1) is 20.3. The van der Waals surface area contributed by atoms with Gasteiger partial charge in [0.2, 0.25) is 5.95 Å². The average molecular weight is 626 g/mol. The normalized spacial score (nSPS) is 16.0. The molecule has 230 valence electrons. The zero-order chi connectivity index (χ0) is 31.1. The quantitative estimate of drug-likeness (QED) is 0.221. The van der Waals surface area contributed by atoms with Crippen molar-refractivity contribution >= 4 is 30.9 Å². The van der Waals surface area contributed by atoms with Crippen LogP contribution in [-0.2, 0) is 39.9 Å². The van der Waals surface area contributed by atoms with Crippen molar-refractivity contribution in [1.29, 1.82) is 0 Å². The molecule has 1 atom stereocenters. The number of imidazole rings is 1. The number of halogens is 3. The summed E-state index contributed by atoms with van der Waals surface area (Å²) in [6.07, 6.45) is -0.329. The Morgan fingerprint density at radius 1 is 1.21 bits per heavy atom. The molecule has 43 heavy (non-hydrogen) atoms. The van der Waals surface area contributed by atoms with Crippen molar-refractivity contribution < 1.29 is 41.9 Å². The number of carboxylic acids is 1. The van der Waals surface area contributed by atoms with Gasteiger partial charge in [0.15, 0.2) is 11.2 Å². The van der Waals surface area contributed by atoms with Crippen LogP contribution in [0.25, 0.3) is 22.6 Å². The third kappa shape index (κ3) is 6.34. The number of hydrogen-bond donors (Lipinski definition) is 3. The Morgan fingerprint density at radius 3 is 2.65 bits per heavy atom. The standard InChI is InChI=1S/C25H27F3N7O7P/c1-2-8-34-22(36)19-20(31-24(34)33-9-4-7-18(33)23(37)38)30-21(35(19)14-42-43(39,40)41)16-11-29-32(13-16)12-15-5-3-6-17(10-15)25(26,27)28/h3,5-6,10-11,13,18H,2,4,7-9,12,14H2,1H3,(H,37,38)(H2,39,40,41). The van der Waals surface area contributed by atoms with Crippen LogP contribution in [0.3, 0.4) is 0 Å². The molecule has 3 aromatic heterocycles. The van der Waals surface area contributed by atoms with Crippen LogP contribution < -0.4 is 10.5 Å². The van der Waals surface area contributed by atoms with E-state index in [9.17, 15) is 42.2 Å². The molecule has 1 saturated heterocycles. The van der Waals surface area contributed by atoms with Crippen LogP contribution in [0.4, 0.5) is 19.1 Å². The number of nitrogens with zero attached hydrogens (tertiary/aromatic N) is 7. The molecule has 1 aromatic carbocycles. The van der Waals surface area contributed by atoms with Gasteiger partial charge in [-0.15, -0.1) is 0 Å². The van der Waals surface area contributed by atoms with Crippen molar-refractivity contribution in [3.05, 3.63) is 58.1 Å². The number of carboxylic acid groups (broad SMARTS) is 1. The van der Waals surface area contributed by atoms with Crippen molar-refractivity contribution in [2.24, 2.45) is 0 Å². The molecule has 1 fully saturated rings. The second kappa shape index (κ2) is 11.6. The summed E-state index contributed by atoms with van der Waals surface area (Å²) in [6, 6.07) is 3.83. The van der Waals surface area contributed by atoms with Crippen molar-refractivity contribution in [3.63, 3.8) is 0 Å². The van der Waals surface area contributed by atoms with Gasteiger partial charge in [-0.2, -0.15) is 23.3 Å². The van der Waals surface area contributed by atoms with E-state index in [0.717, 1.165) is 16.7 Å². The van der Waals surface area contributed by atoms with E-state index in [1.165, 1.54) is 38.7 Å². The number of carbonyl (C=O) groups is 1. The van der Waals surface area contributed by atoms with Crippen molar-refractivity contribution in [1.82, 2.24) is 28.9 Å². The second-order valence-corrected chi connectivity index (χ2v) is 11.2. The van der Waals surface area contributed by atoms with Gasteiger partial charge in [0.1, 0.15) is 18.6 Å². The van der Waals surface area contributed by atoms with E-state index in [2.05, 4.69) is 15.1 Å². The maximum absolute atomic E-state index is 13.8. The molecule has 4 heterocycles. The van der Waals surface area contributed by atoms with Gasteiger partial charge in [-0.05, 0) is 37.0 Å². The lowest BCUT2D eigenvalue weighted by Gasteiger charge is -2.25. The molecule has 1 unspecified atom stereocenters. The number of benzene rings is 1. The molecule has 0 amide bonds. The van der Waals surface area contributed by atoms with Crippen LogP contribution in [-0.4, -0.2) is 62.3 Å². The highest BCUT2D eigenvalue weighted by Gasteiger charge is 2.35. The Morgan fingerprint density at radius 2 is 1.98 bits per heavy atom. The fourth-order valence-corrected chi connectivity index (χ4v) is 5.35. The SMILES string of the molecule is CCCn1c(N2CCCC2C(=O)O)nc2nc(-c3cnn(Cc4cccc(C(F)(F)F)c4)c3)n(COP(=O)(O)O)c2c1=O. The van der Waals surface area contributed by atoms with Gasteiger partial charge in [-0.1, -0.05) is 19.1 Å². The molecule has 0 aliphatic carbocycles. The summed E-state index contributed by atoms with van der Waals surface area (Å²) >= 11 is 0. The fourth-order valence-electron chi connectivity index (χ4n) is 5.09.